The minimum absolute atomic E-state index is 0.000663. The third kappa shape index (κ3) is 3.94. The minimum Gasteiger partial charge on any atom is -0.469 e. The first-order valence-electron chi connectivity index (χ1n) is 13.3. The van der Waals surface area contributed by atoms with Gasteiger partial charge in [0.25, 0.3) is 0 Å². The molecular formula is C30H46O2. The summed E-state index contributed by atoms with van der Waals surface area (Å²) < 4.78 is 5.25. The second-order valence-electron chi connectivity index (χ2n) is 12.2. The highest BCUT2D eigenvalue weighted by Crippen LogP contribution is 2.64. The predicted molar refractivity (Wildman–Crippen MR) is 133 cm³/mol. The highest BCUT2D eigenvalue weighted by molar-refractivity contribution is 5.72. The van der Waals surface area contributed by atoms with E-state index in [9.17, 15) is 4.79 Å². The highest BCUT2D eigenvalue weighted by atomic mass is 16.5. The van der Waals surface area contributed by atoms with Crippen molar-refractivity contribution in [3.63, 3.8) is 0 Å². The molecule has 1 aromatic carbocycles. The molecule has 0 radical (unpaired) electrons. The summed E-state index contributed by atoms with van der Waals surface area (Å²) in [4.78, 5) is 12.7. The molecule has 0 amide bonds. The molecule has 178 valence electrons. The van der Waals surface area contributed by atoms with Crippen molar-refractivity contribution in [3.8, 4) is 0 Å². The number of esters is 1. The zero-order chi connectivity index (χ0) is 23.2. The quantitative estimate of drug-likeness (QED) is 0.428. The Kier molecular flexibility index (Phi) is 6.81. The molecule has 8 atom stereocenters. The summed E-state index contributed by atoms with van der Waals surface area (Å²) in [6.07, 6.45) is 9.05. The molecule has 3 aliphatic carbocycles. The van der Waals surface area contributed by atoms with Crippen LogP contribution in [0.2, 0.25) is 0 Å². The maximum Gasteiger partial charge on any atom is 0.308 e. The maximum atomic E-state index is 12.7. The SMILES string of the molecule is COC(=O)[C@H](C[C@@H](C)[C@H]1CC[C@H]2[C@@H]3CCc4c(C)cccc4[C@H]3CC[C@]12C)[C@H](C)C(C)C. The molecule has 2 nitrogen and oxygen atoms in total. The van der Waals surface area contributed by atoms with Crippen molar-refractivity contribution in [1.29, 1.82) is 0 Å². The first kappa shape index (κ1) is 23.8. The molecular weight excluding hydrogens is 392 g/mol. The molecule has 2 fully saturated rings. The second kappa shape index (κ2) is 9.15. The van der Waals surface area contributed by atoms with E-state index in [-0.39, 0.29) is 11.9 Å². The molecule has 2 heteroatoms. The number of ether oxygens (including phenoxy) is 1. The van der Waals surface area contributed by atoms with E-state index in [1.807, 2.05) is 0 Å². The first-order valence-corrected chi connectivity index (χ1v) is 13.3. The van der Waals surface area contributed by atoms with Gasteiger partial charge in [-0.25, -0.2) is 0 Å². The normalized spacial score (nSPS) is 34.2. The molecule has 0 aromatic heterocycles. The molecule has 0 aliphatic heterocycles. The van der Waals surface area contributed by atoms with Crippen LogP contribution in [-0.2, 0) is 16.0 Å². The highest BCUT2D eigenvalue weighted by Gasteiger charge is 2.56. The second-order valence-corrected chi connectivity index (χ2v) is 12.2. The Balaban J connectivity index is 1.53. The van der Waals surface area contributed by atoms with E-state index in [2.05, 4.69) is 59.7 Å². The standard InChI is InChI=1S/C30H46O2/c1-18(2)21(5)26(29(31)32-7)17-20(4)27-13-14-28-25-12-11-22-19(3)9-8-10-23(22)24(25)15-16-30(27,28)6/h8-10,18,20-21,24-28H,11-17H2,1-7H3/t20-,21-,24-,25-,26-,27-,28+,30-/m1/s1. The van der Waals surface area contributed by atoms with Crippen molar-refractivity contribution in [1.82, 2.24) is 0 Å². The molecule has 2 saturated carbocycles. The van der Waals surface area contributed by atoms with Gasteiger partial charge in [-0.05, 0) is 115 Å². The number of methoxy groups -OCH3 is 1. The van der Waals surface area contributed by atoms with E-state index in [0.717, 1.165) is 30.1 Å². The third-order valence-electron chi connectivity index (χ3n) is 10.6. The predicted octanol–water partition coefficient (Wildman–Crippen LogP) is 7.57. The van der Waals surface area contributed by atoms with E-state index >= 15 is 0 Å². The fourth-order valence-electron chi connectivity index (χ4n) is 8.48. The van der Waals surface area contributed by atoms with Gasteiger partial charge in [0.2, 0.25) is 0 Å². The van der Waals surface area contributed by atoms with Gasteiger partial charge in [0.1, 0.15) is 0 Å². The van der Waals surface area contributed by atoms with E-state index < -0.39 is 0 Å². The number of carbonyl (C=O) groups is 1. The van der Waals surface area contributed by atoms with Gasteiger partial charge in [0.15, 0.2) is 0 Å². The van der Waals surface area contributed by atoms with Crippen molar-refractivity contribution < 1.29 is 9.53 Å². The minimum atomic E-state index is 0.000663. The lowest BCUT2D eigenvalue weighted by atomic mass is 9.52. The van der Waals surface area contributed by atoms with Gasteiger partial charge in [-0.3, -0.25) is 4.79 Å². The van der Waals surface area contributed by atoms with Crippen molar-refractivity contribution in [3.05, 3.63) is 34.9 Å². The van der Waals surface area contributed by atoms with Crippen LogP contribution < -0.4 is 0 Å². The number of carbonyl (C=O) groups excluding carboxylic acids is 1. The Labute approximate surface area is 196 Å². The van der Waals surface area contributed by atoms with Crippen molar-refractivity contribution >= 4 is 5.97 Å². The molecule has 0 N–H and O–H groups in total. The lowest BCUT2D eigenvalue weighted by Gasteiger charge is -2.52. The molecule has 3 aliphatic rings. The van der Waals surface area contributed by atoms with Crippen molar-refractivity contribution in [2.45, 2.75) is 92.4 Å². The van der Waals surface area contributed by atoms with Crippen LogP contribution in [0.4, 0.5) is 0 Å². The van der Waals surface area contributed by atoms with Crippen LogP contribution in [0.5, 0.6) is 0 Å². The van der Waals surface area contributed by atoms with Gasteiger partial charge in [-0.2, -0.15) is 0 Å². The fraction of sp³-hybridized carbons (Fsp3) is 0.767. The number of hydrogen-bond donors (Lipinski definition) is 0. The number of hydrogen-bond acceptors (Lipinski definition) is 2. The largest absolute Gasteiger partial charge is 0.469 e. The van der Waals surface area contributed by atoms with Gasteiger partial charge in [0.05, 0.1) is 13.0 Å². The van der Waals surface area contributed by atoms with Gasteiger partial charge >= 0.3 is 5.97 Å². The summed E-state index contributed by atoms with van der Waals surface area (Å²) in [5.41, 5.74) is 5.27. The molecule has 1 aromatic rings. The van der Waals surface area contributed by atoms with Crippen LogP contribution >= 0.6 is 0 Å². The molecule has 0 unspecified atom stereocenters. The van der Waals surface area contributed by atoms with E-state index in [1.165, 1.54) is 44.1 Å². The Morgan fingerprint density at radius 2 is 1.88 bits per heavy atom. The van der Waals surface area contributed by atoms with Crippen LogP contribution in [0.25, 0.3) is 0 Å². The summed E-state index contributed by atoms with van der Waals surface area (Å²) in [7, 11) is 1.56. The third-order valence-corrected chi connectivity index (χ3v) is 10.6. The number of aryl methyl sites for hydroxylation is 1. The van der Waals surface area contributed by atoms with E-state index in [1.54, 1.807) is 18.2 Å². The zero-order valence-corrected chi connectivity index (χ0v) is 21.6. The van der Waals surface area contributed by atoms with E-state index in [4.69, 9.17) is 4.74 Å². The summed E-state index contributed by atoms with van der Waals surface area (Å²) in [5.74, 6) is 4.67. The topological polar surface area (TPSA) is 26.3 Å². The lowest BCUT2D eigenvalue weighted by molar-refractivity contribution is -0.149. The monoisotopic (exact) mass is 438 g/mol. The fourth-order valence-corrected chi connectivity index (χ4v) is 8.48. The first-order chi connectivity index (χ1) is 15.2. The van der Waals surface area contributed by atoms with E-state index in [0.29, 0.717) is 23.2 Å². The van der Waals surface area contributed by atoms with Gasteiger partial charge in [-0.15, -0.1) is 0 Å². The number of rotatable bonds is 6. The summed E-state index contributed by atoms with van der Waals surface area (Å²) in [5, 5.41) is 0. The van der Waals surface area contributed by atoms with Crippen LogP contribution in [-0.4, -0.2) is 13.1 Å². The van der Waals surface area contributed by atoms with Gasteiger partial charge in [-0.1, -0.05) is 52.8 Å². The van der Waals surface area contributed by atoms with Crippen LogP contribution in [0.1, 0.15) is 95.8 Å². The summed E-state index contributed by atoms with van der Waals surface area (Å²) in [6, 6.07) is 7.02. The number of benzene rings is 1. The Morgan fingerprint density at radius 3 is 2.56 bits per heavy atom. The molecule has 4 rings (SSSR count). The Bertz CT molecular complexity index is 826. The number of fused-ring (bicyclic) bond motifs is 5. The van der Waals surface area contributed by atoms with Crippen molar-refractivity contribution in [2.24, 2.45) is 46.8 Å². The maximum absolute atomic E-state index is 12.7. The zero-order valence-electron chi connectivity index (χ0n) is 21.6. The van der Waals surface area contributed by atoms with Crippen LogP contribution in [0.3, 0.4) is 0 Å². The van der Waals surface area contributed by atoms with Gasteiger partial charge < -0.3 is 4.74 Å². The van der Waals surface area contributed by atoms with Crippen LogP contribution in [0, 0.1) is 53.8 Å². The molecule has 0 spiro atoms. The smallest absolute Gasteiger partial charge is 0.308 e. The molecule has 0 bridgehead atoms. The summed E-state index contributed by atoms with van der Waals surface area (Å²) >= 11 is 0. The van der Waals surface area contributed by atoms with Crippen molar-refractivity contribution in [2.75, 3.05) is 7.11 Å². The average molecular weight is 439 g/mol. The molecule has 0 saturated heterocycles. The Hall–Kier alpha value is -1.31. The van der Waals surface area contributed by atoms with Gasteiger partial charge in [0, 0.05) is 0 Å². The molecule has 0 heterocycles. The lowest BCUT2D eigenvalue weighted by Crippen LogP contribution is -2.44. The average Bonchev–Trinajstić information content (AvgIpc) is 3.13. The summed E-state index contributed by atoms with van der Waals surface area (Å²) in [6.45, 7) is 14.1. The Morgan fingerprint density at radius 1 is 1.12 bits per heavy atom. The van der Waals surface area contributed by atoms with Crippen LogP contribution in [0.15, 0.2) is 18.2 Å². The molecule has 32 heavy (non-hydrogen) atoms.